The maximum absolute atomic E-state index is 12.2. The smallest absolute Gasteiger partial charge is 0.270 e. The van der Waals surface area contributed by atoms with Crippen LogP contribution in [0.25, 0.3) is 0 Å². The molecule has 0 saturated carbocycles. The van der Waals surface area contributed by atoms with Crippen LogP contribution in [0.15, 0.2) is 23.6 Å². The van der Waals surface area contributed by atoms with Crippen LogP contribution in [0.3, 0.4) is 0 Å². The zero-order valence-corrected chi connectivity index (χ0v) is 15.0. The van der Waals surface area contributed by atoms with Gasteiger partial charge in [-0.05, 0) is 37.6 Å². The molecule has 24 heavy (non-hydrogen) atoms. The predicted octanol–water partition coefficient (Wildman–Crippen LogP) is 2.02. The summed E-state index contributed by atoms with van der Waals surface area (Å²) < 4.78 is 10.5. The van der Waals surface area contributed by atoms with Gasteiger partial charge in [0.15, 0.2) is 11.5 Å². The lowest BCUT2D eigenvalue weighted by Gasteiger charge is -2.15. The van der Waals surface area contributed by atoms with Gasteiger partial charge in [0.2, 0.25) is 0 Å². The molecule has 0 radical (unpaired) electrons. The highest BCUT2D eigenvalue weighted by Gasteiger charge is 2.14. The van der Waals surface area contributed by atoms with Crippen molar-refractivity contribution in [3.8, 4) is 11.5 Å². The fourth-order valence-electron chi connectivity index (χ4n) is 2.36. The summed E-state index contributed by atoms with van der Waals surface area (Å²) in [5, 5.41) is 5.62. The van der Waals surface area contributed by atoms with E-state index in [0.29, 0.717) is 36.6 Å². The van der Waals surface area contributed by atoms with Gasteiger partial charge in [0, 0.05) is 17.8 Å². The van der Waals surface area contributed by atoms with Gasteiger partial charge < -0.3 is 20.5 Å². The first-order chi connectivity index (χ1) is 11.6. The highest BCUT2D eigenvalue weighted by atomic mass is 32.1. The number of amides is 1. The molecular weight excluding hydrogens is 326 g/mol. The number of hydrogen-bond acceptors (Lipinski definition) is 6. The third-order valence-electron chi connectivity index (χ3n) is 3.51. The lowest BCUT2D eigenvalue weighted by atomic mass is 10.1. The Kier molecular flexibility index (Phi) is 6.57. The molecule has 0 aliphatic rings. The summed E-state index contributed by atoms with van der Waals surface area (Å²) in [4.78, 5) is 16.5. The van der Waals surface area contributed by atoms with Crippen LogP contribution in [0, 0.1) is 0 Å². The summed E-state index contributed by atoms with van der Waals surface area (Å²) in [6.45, 7) is 2.49. The van der Waals surface area contributed by atoms with Gasteiger partial charge in [0.05, 0.1) is 19.2 Å². The van der Waals surface area contributed by atoms with Crippen molar-refractivity contribution in [3.63, 3.8) is 0 Å². The second kappa shape index (κ2) is 8.65. The van der Waals surface area contributed by atoms with Crippen molar-refractivity contribution in [1.29, 1.82) is 0 Å². The van der Waals surface area contributed by atoms with Crippen LogP contribution in [0.5, 0.6) is 11.5 Å². The van der Waals surface area contributed by atoms with E-state index in [0.717, 1.165) is 10.6 Å². The summed E-state index contributed by atoms with van der Waals surface area (Å²) in [5.41, 5.74) is 7.01. The molecule has 7 heteroatoms. The van der Waals surface area contributed by atoms with Gasteiger partial charge in [0.1, 0.15) is 5.69 Å². The van der Waals surface area contributed by atoms with Crippen LogP contribution in [0.2, 0.25) is 0 Å². The molecule has 6 nitrogen and oxygen atoms in total. The first kappa shape index (κ1) is 18.2. The number of methoxy groups -OCH3 is 2. The molecule has 0 fully saturated rings. The molecule has 1 aromatic heterocycles. The van der Waals surface area contributed by atoms with Gasteiger partial charge in [-0.2, -0.15) is 0 Å². The molecule has 2 aromatic rings. The number of hydrogen-bond donors (Lipinski definition) is 2. The first-order valence-corrected chi connectivity index (χ1v) is 8.61. The number of benzene rings is 1. The number of nitrogens with zero attached hydrogens (tertiary/aromatic N) is 1. The Bertz CT molecular complexity index is 687. The number of ether oxygens (including phenoxy) is 2. The SMILES string of the molecule is COc1ccc(CC(C)NC(=O)c2csc(CCN)n2)cc1OC. The fraction of sp³-hybridized carbons (Fsp3) is 0.412. The van der Waals surface area contributed by atoms with E-state index < -0.39 is 0 Å². The summed E-state index contributed by atoms with van der Waals surface area (Å²) in [5.74, 6) is 1.20. The molecule has 0 spiro atoms. The second-order valence-corrected chi connectivity index (χ2v) is 6.38. The average molecular weight is 349 g/mol. The molecular formula is C17H23N3O3S. The number of carbonyl (C=O) groups is 1. The maximum atomic E-state index is 12.2. The van der Waals surface area contributed by atoms with Crippen molar-refractivity contribution < 1.29 is 14.3 Å². The summed E-state index contributed by atoms with van der Waals surface area (Å²) in [6, 6.07) is 5.72. The number of thiazole rings is 1. The van der Waals surface area contributed by atoms with E-state index in [9.17, 15) is 4.79 Å². The molecule has 0 bridgehead atoms. The standard InChI is InChI=1S/C17H23N3O3S/c1-11(8-12-4-5-14(22-2)15(9-12)23-3)19-17(21)13-10-24-16(20-13)6-7-18/h4-5,9-11H,6-8,18H2,1-3H3,(H,19,21). The van der Waals surface area contributed by atoms with Crippen LogP contribution < -0.4 is 20.5 Å². The molecule has 3 N–H and O–H groups in total. The summed E-state index contributed by atoms with van der Waals surface area (Å²) in [7, 11) is 3.21. The molecule has 1 unspecified atom stereocenters. The van der Waals surface area contributed by atoms with Crippen LogP contribution in [-0.4, -0.2) is 37.7 Å². The molecule has 1 atom stereocenters. The summed E-state index contributed by atoms with van der Waals surface area (Å²) in [6.07, 6.45) is 1.38. The lowest BCUT2D eigenvalue weighted by Crippen LogP contribution is -2.34. The van der Waals surface area contributed by atoms with Crippen molar-refractivity contribution in [2.75, 3.05) is 20.8 Å². The molecule has 1 aromatic carbocycles. The Morgan fingerprint density at radius 2 is 2.08 bits per heavy atom. The Hall–Kier alpha value is -2.12. The number of nitrogens with one attached hydrogen (secondary N) is 1. The molecule has 2 rings (SSSR count). The first-order valence-electron chi connectivity index (χ1n) is 7.73. The van der Waals surface area contributed by atoms with Gasteiger partial charge in [-0.25, -0.2) is 4.98 Å². The van der Waals surface area contributed by atoms with E-state index in [-0.39, 0.29) is 11.9 Å². The number of carbonyl (C=O) groups excluding carboxylic acids is 1. The van der Waals surface area contributed by atoms with Gasteiger partial charge in [-0.3, -0.25) is 4.79 Å². The molecule has 130 valence electrons. The maximum Gasteiger partial charge on any atom is 0.270 e. The molecule has 1 amide bonds. The van der Waals surface area contributed by atoms with Crippen LogP contribution in [0.1, 0.15) is 28.0 Å². The van der Waals surface area contributed by atoms with Crippen LogP contribution in [-0.2, 0) is 12.8 Å². The highest BCUT2D eigenvalue weighted by molar-refractivity contribution is 7.09. The minimum atomic E-state index is -0.164. The third-order valence-corrected chi connectivity index (χ3v) is 4.42. The van der Waals surface area contributed by atoms with Crippen molar-refractivity contribution in [1.82, 2.24) is 10.3 Å². The van der Waals surface area contributed by atoms with Gasteiger partial charge in [0.25, 0.3) is 5.91 Å². The second-order valence-electron chi connectivity index (χ2n) is 5.43. The normalized spacial score (nSPS) is 11.8. The van der Waals surface area contributed by atoms with Gasteiger partial charge >= 0.3 is 0 Å². The Balaban J connectivity index is 1.96. The number of rotatable bonds is 8. The zero-order valence-electron chi connectivity index (χ0n) is 14.2. The van der Waals surface area contributed by atoms with E-state index in [1.54, 1.807) is 19.6 Å². The van der Waals surface area contributed by atoms with Crippen LogP contribution in [0.4, 0.5) is 0 Å². The van der Waals surface area contributed by atoms with E-state index in [4.69, 9.17) is 15.2 Å². The fourth-order valence-corrected chi connectivity index (χ4v) is 3.16. The minimum Gasteiger partial charge on any atom is -0.493 e. The zero-order chi connectivity index (χ0) is 17.5. The van der Waals surface area contributed by atoms with Crippen molar-refractivity contribution >= 4 is 17.2 Å². The van der Waals surface area contributed by atoms with E-state index >= 15 is 0 Å². The minimum absolute atomic E-state index is 0.0322. The largest absolute Gasteiger partial charge is 0.493 e. The van der Waals surface area contributed by atoms with E-state index in [1.807, 2.05) is 25.1 Å². The quantitative estimate of drug-likeness (QED) is 0.761. The third kappa shape index (κ3) is 4.69. The highest BCUT2D eigenvalue weighted by Crippen LogP contribution is 2.28. The summed E-state index contributed by atoms with van der Waals surface area (Å²) >= 11 is 1.46. The molecule has 0 aliphatic heterocycles. The number of aromatic nitrogens is 1. The van der Waals surface area contributed by atoms with Crippen molar-refractivity contribution in [3.05, 3.63) is 39.8 Å². The van der Waals surface area contributed by atoms with E-state index in [2.05, 4.69) is 10.3 Å². The van der Waals surface area contributed by atoms with Crippen molar-refractivity contribution in [2.45, 2.75) is 25.8 Å². The van der Waals surface area contributed by atoms with E-state index in [1.165, 1.54) is 11.3 Å². The predicted molar refractivity (Wildman–Crippen MR) is 95.1 cm³/mol. The Morgan fingerprint density at radius 3 is 2.75 bits per heavy atom. The molecule has 0 aliphatic carbocycles. The molecule has 0 saturated heterocycles. The average Bonchev–Trinajstić information content (AvgIpc) is 3.03. The van der Waals surface area contributed by atoms with Gasteiger partial charge in [-0.1, -0.05) is 6.07 Å². The monoisotopic (exact) mass is 349 g/mol. The Morgan fingerprint density at radius 1 is 1.33 bits per heavy atom. The topological polar surface area (TPSA) is 86.5 Å². The van der Waals surface area contributed by atoms with Crippen molar-refractivity contribution in [2.24, 2.45) is 5.73 Å². The Labute approximate surface area is 146 Å². The number of nitrogens with two attached hydrogens (primary N) is 1. The van der Waals surface area contributed by atoms with Gasteiger partial charge in [-0.15, -0.1) is 11.3 Å². The van der Waals surface area contributed by atoms with Crippen LogP contribution >= 0.6 is 11.3 Å². The lowest BCUT2D eigenvalue weighted by molar-refractivity contribution is 0.0935. The molecule has 1 heterocycles.